The number of benzene rings is 4. The van der Waals surface area contributed by atoms with Crippen LogP contribution in [0.15, 0.2) is 109 Å². The van der Waals surface area contributed by atoms with E-state index in [1.54, 1.807) is 0 Å². The normalized spacial score (nSPS) is 14.4. The van der Waals surface area contributed by atoms with Crippen molar-refractivity contribution in [2.75, 3.05) is 0 Å². The van der Waals surface area contributed by atoms with Crippen molar-refractivity contribution in [2.24, 2.45) is 0 Å². The number of nitrogens with zero attached hydrogens (tertiary/aromatic N) is 4. The molecule has 2 N–H and O–H groups in total. The van der Waals surface area contributed by atoms with Gasteiger partial charge in [-0.05, 0) is 52.0 Å². The molecule has 7 heteroatoms. The smallest absolute Gasteiger partial charge is 0.181 e. The summed E-state index contributed by atoms with van der Waals surface area (Å²) in [5.41, 5.74) is 4.71. The van der Waals surface area contributed by atoms with Crippen LogP contribution in [-0.4, -0.2) is 29.3 Å². The summed E-state index contributed by atoms with van der Waals surface area (Å²) in [6.45, 7) is 8.25. The second-order valence-corrected chi connectivity index (χ2v) is 12.0. The molecule has 0 spiro atoms. The molecule has 0 unspecified atom stereocenters. The standard InChI is InChI=1S/C36H32N4O2.Cu/c1-35(2)27-19-11-17-25(31(27)41)26-18-12-20-28(32(26)42)36(3,4)30-22-40(24-15-9-6-10-16-24)34(38-30)33-37-29(35)21-39(33)23-13-7-5-8-14-23;/h5-22,41-42H,1-4H3;. The summed E-state index contributed by atoms with van der Waals surface area (Å²) >= 11 is 0. The number of imidazole rings is 2. The average Bonchev–Trinajstić information content (AvgIpc) is 3.64. The summed E-state index contributed by atoms with van der Waals surface area (Å²) < 4.78 is 4.15. The molecule has 7 rings (SSSR count). The van der Waals surface area contributed by atoms with Crippen molar-refractivity contribution >= 4 is 0 Å². The van der Waals surface area contributed by atoms with Crippen LogP contribution >= 0.6 is 0 Å². The first kappa shape index (κ1) is 28.5. The predicted octanol–water partition coefficient (Wildman–Crippen LogP) is 7.77. The molecule has 4 aromatic carbocycles. The summed E-state index contributed by atoms with van der Waals surface area (Å²) in [6, 6.07) is 31.7. The van der Waals surface area contributed by atoms with E-state index in [2.05, 4.69) is 61.1 Å². The van der Waals surface area contributed by atoms with E-state index in [4.69, 9.17) is 9.97 Å². The van der Waals surface area contributed by atoms with E-state index in [-0.39, 0.29) is 28.6 Å². The van der Waals surface area contributed by atoms with Gasteiger partial charge in [-0.25, -0.2) is 9.97 Å². The predicted molar refractivity (Wildman–Crippen MR) is 166 cm³/mol. The third kappa shape index (κ3) is 4.39. The third-order valence-electron chi connectivity index (χ3n) is 8.67. The summed E-state index contributed by atoms with van der Waals surface area (Å²) in [6.07, 6.45) is 4.09. The van der Waals surface area contributed by atoms with Gasteiger partial charge in [-0.15, -0.1) is 0 Å². The molecule has 0 fully saturated rings. The molecule has 219 valence electrons. The molecule has 8 bridgehead atoms. The van der Waals surface area contributed by atoms with Crippen LogP contribution < -0.4 is 0 Å². The quantitative estimate of drug-likeness (QED) is 0.195. The van der Waals surface area contributed by atoms with Crippen LogP contribution in [0.3, 0.4) is 0 Å². The van der Waals surface area contributed by atoms with Crippen LogP contribution in [0.5, 0.6) is 11.5 Å². The molecule has 6 aromatic rings. The van der Waals surface area contributed by atoms with Gasteiger partial charge in [0.2, 0.25) is 0 Å². The summed E-state index contributed by atoms with van der Waals surface area (Å²) in [5, 5.41) is 23.5. The van der Waals surface area contributed by atoms with E-state index in [9.17, 15) is 10.2 Å². The van der Waals surface area contributed by atoms with Crippen LogP contribution in [0.1, 0.15) is 50.2 Å². The maximum absolute atomic E-state index is 11.7. The molecule has 0 saturated heterocycles. The van der Waals surface area contributed by atoms with E-state index in [1.807, 2.05) is 85.2 Å². The average molecular weight is 616 g/mol. The first-order valence-corrected chi connectivity index (χ1v) is 14.1. The number of hydrogen-bond acceptors (Lipinski definition) is 4. The first-order chi connectivity index (χ1) is 20.2. The molecule has 1 aliphatic rings. The number of phenols is 2. The van der Waals surface area contributed by atoms with Gasteiger partial charge in [0.05, 0.1) is 11.4 Å². The number of hydrogen-bond donors (Lipinski definition) is 2. The van der Waals surface area contributed by atoms with E-state index in [0.717, 1.165) is 33.9 Å². The molecule has 0 saturated carbocycles. The number of fused-ring (bicyclic) bond motifs is 10. The minimum Gasteiger partial charge on any atom is -0.507 e. The molecule has 0 aliphatic carbocycles. The second-order valence-electron chi connectivity index (χ2n) is 12.0. The Bertz CT molecular complexity index is 1810. The number of para-hydroxylation sites is 4. The Kier molecular flexibility index (Phi) is 6.83. The van der Waals surface area contributed by atoms with Crippen LogP contribution in [0.25, 0.3) is 34.2 Å². The minimum absolute atomic E-state index is 0. The topological polar surface area (TPSA) is 76.1 Å². The van der Waals surface area contributed by atoms with Gasteiger partial charge in [0.25, 0.3) is 0 Å². The fourth-order valence-electron chi connectivity index (χ4n) is 6.06. The largest absolute Gasteiger partial charge is 0.507 e. The number of phenolic OH excluding ortho intramolecular Hbond substituents is 2. The zero-order valence-electron chi connectivity index (χ0n) is 24.4. The molecular formula is C36H32CuN4O2. The van der Waals surface area contributed by atoms with Gasteiger partial charge in [-0.2, -0.15) is 0 Å². The van der Waals surface area contributed by atoms with Gasteiger partial charge in [-0.3, -0.25) is 9.13 Å². The van der Waals surface area contributed by atoms with Crippen molar-refractivity contribution in [2.45, 2.75) is 38.5 Å². The van der Waals surface area contributed by atoms with E-state index in [1.165, 1.54) is 0 Å². The zero-order valence-corrected chi connectivity index (χ0v) is 25.3. The van der Waals surface area contributed by atoms with Gasteiger partial charge >= 0.3 is 0 Å². The fraction of sp³-hybridized carbons (Fsp3) is 0.167. The molecule has 0 amide bonds. The van der Waals surface area contributed by atoms with Crippen molar-refractivity contribution < 1.29 is 27.3 Å². The van der Waals surface area contributed by atoms with Crippen LogP contribution in [-0.2, 0) is 27.9 Å². The molecule has 6 nitrogen and oxygen atoms in total. The van der Waals surface area contributed by atoms with Crippen LogP contribution in [0.4, 0.5) is 0 Å². The van der Waals surface area contributed by atoms with Crippen molar-refractivity contribution in [1.29, 1.82) is 0 Å². The van der Waals surface area contributed by atoms with E-state index >= 15 is 0 Å². The maximum atomic E-state index is 11.7. The second kappa shape index (κ2) is 10.3. The first-order valence-electron chi connectivity index (χ1n) is 14.1. The summed E-state index contributed by atoms with van der Waals surface area (Å²) in [7, 11) is 0. The zero-order chi connectivity index (χ0) is 29.2. The van der Waals surface area contributed by atoms with Gasteiger partial charge in [0, 0.05) is 73.9 Å². The van der Waals surface area contributed by atoms with Crippen molar-refractivity contribution in [3.05, 3.63) is 132 Å². The maximum Gasteiger partial charge on any atom is 0.181 e. The Balaban J connectivity index is 0.00000329. The van der Waals surface area contributed by atoms with Crippen molar-refractivity contribution in [3.8, 4) is 45.6 Å². The van der Waals surface area contributed by atoms with E-state index in [0.29, 0.717) is 22.8 Å². The van der Waals surface area contributed by atoms with Gasteiger partial charge < -0.3 is 10.2 Å². The van der Waals surface area contributed by atoms with E-state index < -0.39 is 10.8 Å². The molecule has 3 heterocycles. The molecule has 1 radical (unpaired) electrons. The Morgan fingerprint density at radius 2 is 0.884 bits per heavy atom. The van der Waals surface area contributed by atoms with Crippen LogP contribution in [0, 0.1) is 0 Å². The fourth-order valence-corrected chi connectivity index (χ4v) is 6.06. The molecule has 43 heavy (non-hydrogen) atoms. The van der Waals surface area contributed by atoms with Gasteiger partial charge in [0.15, 0.2) is 11.6 Å². The number of rotatable bonds is 2. The van der Waals surface area contributed by atoms with Gasteiger partial charge in [0.1, 0.15) is 11.5 Å². The monoisotopic (exact) mass is 615 g/mol. The molecule has 1 aliphatic heterocycles. The summed E-state index contributed by atoms with van der Waals surface area (Å²) in [4.78, 5) is 10.5. The minimum atomic E-state index is -0.682. The molecule has 2 aromatic heterocycles. The van der Waals surface area contributed by atoms with Crippen molar-refractivity contribution in [3.63, 3.8) is 0 Å². The van der Waals surface area contributed by atoms with Crippen molar-refractivity contribution in [1.82, 2.24) is 19.1 Å². The Labute approximate surface area is 261 Å². The Morgan fingerprint density at radius 3 is 1.26 bits per heavy atom. The summed E-state index contributed by atoms with van der Waals surface area (Å²) in [5.74, 6) is 1.62. The molecule has 0 atom stereocenters. The number of aromatic hydroxyl groups is 2. The van der Waals surface area contributed by atoms with Gasteiger partial charge in [-0.1, -0.05) is 72.8 Å². The third-order valence-corrected chi connectivity index (χ3v) is 8.67. The Hall–Kier alpha value is -4.58. The SMILES string of the molecule is CC1(C)c2cn(-c3ccccc3)c(n2)-c2nc(cn2-c2ccccc2)C(C)(C)c2cccc(c2O)-c2cccc1c2O.[Cu]. The number of aromatic nitrogens is 4. The molecular weight excluding hydrogens is 584 g/mol. The van der Waals surface area contributed by atoms with Crippen LogP contribution in [0.2, 0.25) is 0 Å². The Morgan fingerprint density at radius 1 is 0.512 bits per heavy atom.